The molecule has 0 radical (unpaired) electrons. The SMILES string of the molecule is CC(=O)OC1CCC(n2c([C@@H]3C[C@H](F)C(=O)N3c3ccc(F)c(F)c3)nc3cc(-c4c(C)noc4C)ccc32)CC1. The van der Waals surface area contributed by atoms with E-state index in [9.17, 15) is 18.4 Å². The topological polar surface area (TPSA) is 90.5 Å². The van der Waals surface area contributed by atoms with Gasteiger partial charge in [-0.3, -0.25) is 14.5 Å². The number of carbonyl (C=O) groups excluding carboxylic acids is 2. The van der Waals surface area contributed by atoms with Crippen LogP contribution in [0.2, 0.25) is 0 Å². The molecule has 11 heteroatoms. The first-order chi connectivity index (χ1) is 19.6. The maximum Gasteiger partial charge on any atom is 0.302 e. The van der Waals surface area contributed by atoms with Crippen LogP contribution in [0.4, 0.5) is 18.9 Å². The molecule has 8 nitrogen and oxygen atoms in total. The summed E-state index contributed by atoms with van der Waals surface area (Å²) in [7, 11) is 0. The number of rotatable bonds is 5. The minimum absolute atomic E-state index is 0.0626. The van der Waals surface area contributed by atoms with Crippen molar-refractivity contribution in [3.8, 4) is 11.1 Å². The van der Waals surface area contributed by atoms with Gasteiger partial charge >= 0.3 is 5.97 Å². The van der Waals surface area contributed by atoms with Gasteiger partial charge in [-0.1, -0.05) is 11.2 Å². The predicted molar refractivity (Wildman–Crippen MR) is 144 cm³/mol. The highest BCUT2D eigenvalue weighted by Gasteiger charge is 2.45. The third-order valence-electron chi connectivity index (χ3n) is 8.11. The molecule has 6 rings (SSSR count). The summed E-state index contributed by atoms with van der Waals surface area (Å²) in [6.07, 6.45) is 0.445. The summed E-state index contributed by atoms with van der Waals surface area (Å²) in [6, 6.07) is 8.01. The molecular weight excluding hydrogens is 537 g/mol. The fourth-order valence-corrected chi connectivity index (χ4v) is 6.31. The summed E-state index contributed by atoms with van der Waals surface area (Å²) >= 11 is 0. The molecular formula is C30H29F3N4O4. The molecule has 1 aliphatic heterocycles. The summed E-state index contributed by atoms with van der Waals surface area (Å²) in [6.45, 7) is 5.07. The number of esters is 1. The fourth-order valence-electron chi connectivity index (χ4n) is 6.31. The van der Waals surface area contributed by atoms with E-state index in [1.165, 1.54) is 17.9 Å². The minimum Gasteiger partial charge on any atom is -0.463 e. The molecule has 2 aliphatic rings. The number of alkyl halides is 1. The second-order valence-corrected chi connectivity index (χ2v) is 10.8. The molecule has 0 bridgehead atoms. The number of carbonyl (C=O) groups is 2. The number of halogens is 3. The highest BCUT2D eigenvalue weighted by atomic mass is 19.2. The average Bonchev–Trinajstić information content (AvgIpc) is 3.57. The maximum atomic E-state index is 15.0. The van der Waals surface area contributed by atoms with Gasteiger partial charge < -0.3 is 13.8 Å². The van der Waals surface area contributed by atoms with Crippen molar-refractivity contribution in [2.75, 3.05) is 4.90 Å². The number of amides is 1. The van der Waals surface area contributed by atoms with E-state index >= 15 is 4.39 Å². The van der Waals surface area contributed by atoms with E-state index in [1.54, 1.807) is 0 Å². The summed E-state index contributed by atoms with van der Waals surface area (Å²) in [5, 5.41) is 4.05. The van der Waals surface area contributed by atoms with E-state index in [1.807, 2.05) is 36.6 Å². The molecule has 0 unspecified atom stereocenters. The second kappa shape index (κ2) is 10.4. The number of anilines is 1. The number of nitrogens with zero attached hydrogens (tertiary/aromatic N) is 4. The summed E-state index contributed by atoms with van der Waals surface area (Å²) in [4.78, 5) is 30.7. The zero-order valence-electron chi connectivity index (χ0n) is 22.9. The Morgan fingerprint density at radius 1 is 1.05 bits per heavy atom. The molecule has 41 heavy (non-hydrogen) atoms. The van der Waals surface area contributed by atoms with Gasteiger partial charge in [0.05, 0.1) is 22.8 Å². The van der Waals surface area contributed by atoms with E-state index in [-0.39, 0.29) is 30.2 Å². The standard InChI is InChI=1S/C30H29F3N4O4/c1-15-28(16(2)41-35-15)18-4-11-26-25(12-18)34-29(36(26)19-5-8-21(9-6-19)40-17(3)38)27-14-24(33)30(39)37(27)20-7-10-22(31)23(32)13-20/h4,7,10-13,19,21,24,27H,5-6,8-9,14H2,1-3H3/t19?,21?,24-,27-/m0/s1. The van der Waals surface area contributed by atoms with Gasteiger partial charge in [0.15, 0.2) is 17.8 Å². The maximum absolute atomic E-state index is 15.0. The van der Waals surface area contributed by atoms with Crippen molar-refractivity contribution in [2.45, 2.75) is 77.2 Å². The van der Waals surface area contributed by atoms with Crippen LogP contribution in [0, 0.1) is 25.5 Å². The van der Waals surface area contributed by atoms with Crippen LogP contribution in [0.5, 0.6) is 0 Å². The molecule has 1 saturated carbocycles. The van der Waals surface area contributed by atoms with E-state index in [0.29, 0.717) is 42.8 Å². The van der Waals surface area contributed by atoms with Crippen molar-refractivity contribution < 1.29 is 32.0 Å². The Kier molecular flexibility index (Phi) is 6.83. The van der Waals surface area contributed by atoms with Crippen molar-refractivity contribution in [3.63, 3.8) is 0 Å². The van der Waals surface area contributed by atoms with Gasteiger partial charge in [0.1, 0.15) is 17.7 Å². The number of fused-ring (bicyclic) bond motifs is 1. The molecule has 2 aromatic heterocycles. The first-order valence-electron chi connectivity index (χ1n) is 13.7. The lowest BCUT2D eigenvalue weighted by molar-refractivity contribution is -0.148. The Hall–Kier alpha value is -4.15. The van der Waals surface area contributed by atoms with Gasteiger partial charge in [-0.25, -0.2) is 18.2 Å². The highest BCUT2D eigenvalue weighted by Crippen LogP contribution is 2.43. The molecule has 2 fully saturated rings. The smallest absolute Gasteiger partial charge is 0.302 e. The number of ether oxygens (including phenoxy) is 1. The van der Waals surface area contributed by atoms with E-state index < -0.39 is 29.8 Å². The minimum atomic E-state index is -1.82. The molecule has 2 aromatic carbocycles. The van der Waals surface area contributed by atoms with Crippen molar-refractivity contribution >= 4 is 28.6 Å². The van der Waals surface area contributed by atoms with Crippen molar-refractivity contribution in [2.24, 2.45) is 0 Å². The van der Waals surface area contributed by atoms with Crippen LogP contribution in [0.15, 0.2) is 40.9 Å². The van der Waals surface area contributed by atoms with Crippen LogP contribution in [0.3, 0.4) is 0 Å². The van der Waals surface area contributed by atoms with Gasteiger partial charge in [0.25, 0.3) is 5.91 Å². The third-order valence-corrected chi connectivity index (χ3v) is 8.11. The third kappa shape index (κ3) is 4.76. The van der Waals surface area contributed by atoms with Crippen molar-refractivity contribution in [1.29, 1.82) is 0 Å². The highest BCUT2D eigenvalue weighted by molar-refractivity contribution is 5.99. The molecule has 1 saturated heterocycles. The Balaban J connectivity index is 1.47. The Morgan fingerprint density at radius 3 is 2.46 bits per heavy atom. The predicted octanol–water partition coefficient (Wildman–Crippen LogP) is 6.45. The average molecular weight is 567 g/mol. The molecule has 4 aromatic rings. The first kappa shape index (κ1) is 27.0. The van der Waals surface area contributed by atoms with E-state index in [0.717, 1.165) is 34.5 Å². The van der Waals surface area contributed by atoms with Crippen molar-refractivity contribution in [1.82, 2.24) is 14.7 Å². The quantitative estimate of drug-likeness (QED) is 0.258. The second-order valence-electron chi connectivity index (χ2n) is 10.8. The van der Waals surface area contributed by atoms with Gasteiger partial charge in [-0.15, -0.1) is 0 Å². The van der Waals surface area contributed by atoms with Crippen LogP contribution >= 0.6 is 0 Å². The normalized spacial score (nSPS) is 23.0. The summed E-state index contributed by atoms with van der Waals surface area (Å²) in [5.41, 5.74) is 3.94. The number of aromatic nitrogens is 3. The zero-order chi connectivity index (χ0) is 29.0. The summed E-state index contributed by atoms with van der Waals surface area (Å²) in [5.74, 6) is -2.21. The van der Waals surface area contributed by atoms with Crippen LogP contribution in [0.1, 0.15) is 68.4 Å². The molecule has 0 N–H and O–H groups in total. The van der Waals surface area contributed by atoms with E-state index in [4.69, 9.17) is 14.2 Å². The van der Waals surface area contributed by atoms with Crippen LogP contribution < -0.4 is 4.90 Å². The largest absolute Gasteiger partial charge is 0.463 e. The lowest BCUT2D eigenvalue weighted by Crippen LogP contribution is -2.32. The molecule has 3 heterocycles. The Morgan fingerprint density at radius 2 is 1.80 bits per heavy atom. The number of aryl methyl sites for hydroxylation is 2. The van der Waals surface area contributed by atoms with Crippen LogP contribution in [0.25, 0.3) is 22.2 Å². The molecule has 2 atom stereocenters. The molecule has 1 aliphatic carbocycles. The van der Waals surface area contributed by atoms with Gasteiger partial charge in [0.2, 0.25) is 0 Å². The molecule has 1 amide bonds. The Bertz CT molecular complexity index is 1640. The van der Waals surface area contributed by atoms with Crippen LogP contribution in [-0.4, -0.2) is 38.9 Å². The number of imidazole rings is 1. The number of hydrogen-bond acceptors (Lipinski definition) is 6. The number of benzene rings is 2. The first-order valence-corrected chi connectivity index (χ1v) is 13.7. The van der Waals surface area contributed by atoms with E-state index in [2.05, 4.69) is 5.16 Å². The van der Waals surface area contributed by atoms with Gasteiger partial charge in [-0.05, 0) is 69.4 Å². The Labute approximate surface area is 234 Å². The lowest BCUT2D eigenvalue weighted by Gasteiger charge is -2.32. The molecule has 0 spiro atoms. The fraction of sp³-hybridized carbons (Fsp3) is 0.400. The van der Waals surface area contributed by atoms with Crippen molar-refractivity contribution in [3.05, 3.63) is 65.3 Å². The van der Waals surface area contributed by atoms with Gasteiger partial charge in [-0.2, -0.15) is 0 Å². The monoisotopic (exact) mass is 566 g/mol. The van der Waals surface area contributed by atoms with Crippen LogP contribution in [-0.2, 0) is 14.3 Å². The molecule has 214 valence electrons. The number of hydrogen-bond donors (Lipinski definition) is 0. The summed E-state index contributed by atoms with van der Waals surface area (Å²) < 4.78 is 55.8. The zero-order valence-corrected chi connectivity index (χ0v) is 22.9. The lowest BCUT2D eigenvalue weighted by atomic mass is 9.92. The van der Waals surface area contributed by atoms with Gasteiger partial charge in [0, 0.05) is 36.7 Å².